The predicted octanol–water partition coefficient (Wildman–Crippen LogP) is 0.819. The fourth-order valence-electron chi connectivity index (χ4n) is 1.94. The van der Waals surface area contributed by atoms with Gasteiger partial charge in [0.15, 0.2) is 0 Å². The summed E-state index contributed by atoms with van der Waals surface area (Å²) in [6, 6.07) is 0. The summed E-state index contributed by atoms with van der Waals surface area (Å²) < 4.78 is 24.0. The van der Waals surface area contributed by atoms with Crippen molar-refractivity contribution < 1.29 is 13.5 Å². The van der Waals surface area contributed by atoms with Gasteiger partial charge in [-0.15, -0.1) is 0 Å². The van der Waals surface area contributed by atoms with E-state index in [4.69, 9.17) is 0 Å². The lowest BCUT2D eigenvalue weighted by atomic mass is 9.71. The summed E-state index contributed by atoms with van der Waals surface area (Å²) in [6.07, 6.45) is 2.25. The average Bonchev–Trinajstić information content (AvgIpc) is 2.01. The maximum absolute atomic E-state index is 11.3. The van der Waals surface area contributed by atoms with Crippen molar-refractivity contribution in [1.82, 2.24) is 4.31 Å². The average molecular weight is 235 g/mol. The molecule has 0 saturated carbocycles. The van der Waals surface area contributed by atoms with E-state index in [0.717, 1.165) is 0 Å². The first-order valence-electron chi connectivity index (χ1n) is 5.24. The molecule has 0 aliphatic carbocycles. The number of hydrogen-bond donors (Lipinski definition) is 1. The zero-order chi connectivity index (χ0) is 11.9. The van der Waals surface area contributed by atoms with Crippen molar-refractivity contribution in [1.29, 1.82) is 0 Å². The van der Waals surface area contributed by atoms with Gasteiger partial charge in [0.05, 0.1) is 11.9 Å². The third-order valence-electron chi connectivity index (χ3n) is 3.41. The number of sulfonamides is 1. The van der Waals surface area contributed by atoms with Gasteiger partial charge in [0.2, 0.25) is 10.0 Å². The van der Waals surface area contributed by atoms with Crippen LogP contribution in [0, 0.1) is 5.41 Å². The van der Waals surface area contributed by atoms with Crippen LogP contribution in [0.4, 0.5) is 0 Å². The van der Waals surface area contributed by atoms with Gasteiger partial charge in [0, 0.05) is 13.1 Å². The summed E-state index contributed by atoms with van der Waals surface area (Å²) in [5.41, 5.74) is -0.940. The van der Waals surface area contributed by atoms with E-state index in [2.05, 4.69) is 0 Å². The van der Waals surface area contributed by atoms with Gasteiger partial charge in [-0.25, -0.2) is 12.7 Å². The second-order valence-electron chi connectivity index (χ2n) is 5.44. The molecular formula is C10H21NO3S. The summed E-state index contributed by atoms with van der Waals surface area (Å²) in [6.45, 7) is 6.81. The smallest absolute Gasteiger partial charge is 0.211 e. The van der Waals surface area contributed by atoms with E-state index in [9.17, 15) is 13.5 Å². The van der Waals surface area contributed by atoms with Crippen molar-refractivity contribution in [3.05, 3.63) is 0 Å². The lowest BCUT2D eigenvalue weighted by molar-refractivity contribution is -0.0892. The van der Waals surface area contributed by atoms with Crippen LogP contribution >= 0.6 is 0 Å². The Morgan fingerprint density at radius 2 is 1.60 bits per heavy atom. The highest BCUT2D eigenvalue weighted by molar-refractivity contribution is 7.88. The van der Waals surface area contributed by atoms with Crippen molar-refractivity contribution in [2.45, 2.75) is 39.2 Å². The number of hydrogen-bond acceptors (Lipinski definition) is 3. The molecule has 0 atom stereocenters. The van der Waals surface area contributed by atoms with Gasteiger partial charge in [-0.3, -0.25) is 0 Å². The fraction of sp³-hybridized carbons (Fsp3) is 1.00. The Balaban J connectivity index is 2.72. The Labute approximate surface area is 92.3 Å². The van der Waals surface area contributed by atoms with Crippen LogP contribution in [0.15, 0.2) is 0 Å². The Morgan fingerprint density at radius 1 is 1.20 bits per heavy atom. The largest absolute Gasteiger partial charge is 0.389 e. The molecule has 0 bridgehead atoms. The molecular weight excluding hydrogens is 214 g/mol. The predicted molar refractivity (Wildman–Crippen MR) is 60.1 cm³/mol. The molecule has 0 aromatic carbocycles. The molecule has 1 aliphatic rings. The molecule has 5 heteroatoms. The first-order chi connectivity index (χ1) is 6.56. The van der Waals surface area contributed by atoms with Crippen LogP contribution in [0.1, 0.15) is 33.6 Å². The first kappa shape index (κ1) is 12.9. The minimum atomic E-state index is -3.10. The van der Waals surface area contributed by atoms with Gasteiger partial charge in [0.1, 0.15) is 0 Å². The van der Waals surface area contributed by atoms with Crippen molar-refractivity contribution in [2.75, 3.05) is 19.3 Å². The standard InChI is InChI=1S/C10H21NO3S/c1-9(2,3)10(12)5-7-11(8-6-10)15(4,13)14/h12H,5-8H2,1-4H3. The molecule has 0 unspecified atom stereocenters. The number of aliphatic hydroxyl groups is 1. The van der Waals surface area contributed by atoms with Gasteiger partial charge >= 0.3 is 0 Å². The van der Waals surface area contributed by atoms with Gasteiger partial charge in [-0.1, -0.05) is 20.8 Å². The molecule has 0 aromatic rings. The van der Waals surface area contributed by atoms with E-state index in [1.54, 1.807) is 0 Å². The van der Waals surface area contributed by atoms with Gasteiger partial charge in [-0.05, 0) is 18.3 Å². The number of piperidine rings is 1. The summed E-state index contributed by atoms with van der Waals surface area (Å²) in [7, 11) is -3.10. The lowest BCUT2D eigenvalue weighted by Crippen LogP contribution is -2.52. The Morgan fingerprint density at radius 3 is 1.87 bits per heavy atom. The van der Waals surface area contributed by atoms with Crippen molar-refractivity contribution in [3.8, 4) is 0 Å². The molecule has 1 aliphatic heterocycles. The molecule has 1 heterocycles. The minimum Gasteiger partial charge on any atom is -0.389 e. The molecule has 0 aromatic heterocycles. The van der Waals surface area contributed by atoms with E-state index in [1.165, 1.54) is 10.6 Å². The highest BCUT2D eigenvalue weighted by Gasteiger charge is 2.43. The molecule has 0 spiro atoms. The van der Waals surface area contributed by atoms with Crippen molar-refractivity contribution in [3.63, 3.8) is 0 Å². The van der Waals surface area contributed by atoms with Gasteiger partial charge < -0.3 is 5.11 Å². The van der Waals surface area contributed by atoms with E-state index in [-0.39, 0.29) is 5.41 Å². The Bertz CT molecular complexity index is 321. The van der Waals surface area contributed by atoms with Crippen molar-refractivity contribution >= 4 is 10.0 Å². The normalized spacial score (nSPS) is 24.1. The lowest BCUT2D eigenvalue weighted by Gasteiger charge is -2.45. The van der Waals surface area contributed by atoms with E-state index >= 15 is 0 Å². The summed E-state index contributed by atoms with van der Waals surface area (Å²) >= 11 is 0. The fourth-order valence-corrected chi connectivity index (χ4v) is 2.78. The van der Waals surface area contributed by atoms with Crippen LogP contribution < -0.4 is 0 Å². The van der Waals surface area contributed by atoms with Gasteiger partial charge in [0.25, 0.3) is 0 Å². The summed E-state index contributed by atoms with van der Waals surface area (Å²) in [4.78, 5) is 0. The van der Waals surface area contributed by atoms with Gasteiger partial charge in [-0.2, -0.15) is 0 Å². The molecule has 1 saturated heterocycles. The minimum absolute atomic E-state index is 0.198. The topological polar surface area (TPSA) is 57.6 Å². The molecule has 0 radical (unpaired) electrons. The number of nitrogens with zero attached hydrogens (tertiary/aromatic N) is 1. The summed E-state index contributed by atoms with van der Waals surface area (Å²) in [5, 5.41) is 10.4. The van der Waals surface area contributed by atoms with Crippen LogP contribution in [0.3, 0.4) is 0 Å². The van der Waals surface area contributed by atoms with E-state index in [0.29, 0.717) is 25.9 Å². The van der Waals surface area contributed by atoms with Crippen LogP contribution in [-0.2, 0) is 10.0 Å². The third kappa shape index (κ3) is 2.71. The van der Waals surface area contributed by atoms with Crippen LogP contribution in [0.2, 0.25) is 0 Å². The second kappa shape index (κ2) is 3.71. The van der Waals surface area contributed by atoms with Crippen LogP contribution in [0.25, 0.3) is 0 Å². The van der Waals surface area contributed by atoms with Crippen molar-refractivity contribution in [2.24, 2.45) is 5.41 Å². The molecule has 1 fully saturated rings. The third-order valence-corrected chi connectivity index (χ3v) is 4.72. The zero-order valence-corrected chi connectivity index (χ0v) is 10.8. The highest BCUT2D eigenvalue weighted by Crippen LogP contribution is 2.38. The zero-order valence-electron chi connectivity index (χ0n) is 9.95. The highest BCUT2D eigenvalue weighted by atomic mass is 32.2. The maximum Gasteiger partial charge on any atom is 0.211 e. The molecule has 4 nitrogen and oxygen atoms in total. The van der Waals surface area contributed by atoms with Crippen LogP contribution in [0.5, 0.6) is 0 Å². The molecule has 0 amide bonds. The molecule has 1 rings (SSSR count). The quantitative estimate of drug-likeness (QED) is 0.732. The second-order valence-corrected chi connectivity index (χ2v) is 7.43. The molecule has 90 valence electrons. The Hall–Kier alpha value is -0.130. The Kier molecular flexibility index (Phi) is 3.20. The maximum atomic E-state index is 11.3. The monoisotopic (exact) mass is 235 g/mol. The van der Waals surface area contributed by atoms with Crippen LogP contribution in [-0.4, -0.2) is 42.8 Å². The van der Waals surface area contributed by atoms with E-state index < -0.39 is 15.6 Å². The SMILES string of the molecule is CC(C)(C)C1(O)CCN(S(C)(=O)=O)CC1. The van der Waals surface area contributed by atoms with E-state index in [1.807, 2.05) is 20.8 Å². The first-order valence-corrected chi connectivity index (χ1v) is 7.09. The molecule has 1 N–H and O–H groups in total. The number of rotatable bonds is 1. The summed E-state index contributed by atoms with van der Waals surface area (Å²) in [5.74, 6) is 0. The molecule has 15 heavy (non-hydrogen) atoms.